The Hall–Kier alpha value is -0.590. The summed E-state index contributed by atoms with van der Waals surface area (Å²) in [5.74, 6) is 0.792. The molecule has 0 bridgehead atoms. The molecule has 1 atom stereocenters. The van der Waals surface area contributed by atoms with Gasteiger partial charge in [-0.05, 0) is 58.0 Å². The van der Waals surface area contributed by atoms with E-state index in [1.165, 1.54) is 17.2 Å². The number of nitrogens with one attached hydrogen (secondary N) is 2. The molecule has 6 heteroatoms. The van der Waals surface area contributed by atoms with E-state index < -0.39 is 0 Å². The monoisotopic (exact) mass is 339 g/mol. The van der Waals surface area contributed by atoms with Crippen LogP contribution in [0.4, 0.5) is 0 Å². The molecule has 2 N–H and O–H groups in total. The van der Waals surface area contributed by atoms with Crippen molar-refractivity contribution in [3.8, 4) is 0 Å². The van der Waals surface area contributed by atoms with Gasteiger partial charge in [-0.1, -0.05) is 11.8 Å². The van der Waals surface area contributed by atoms with E-state index in [4.69, 9.17) is 0 Å². The van der Waals surface area contributed by atoms with Gasteiger partial charge in [-0.2, -0.15) is 0 Å². The summed E-state index contributed by atoms with van der Waals surface area (Å²) in [6.45, 7) is 4.12. The van der Waals surface area contributed by atoms with Crippen LogP contribution in [0.3, 0.4) is 0 Å². The standard InChI is InChI=1S/C16H25N3OS2/c1-11-10-21-16(18-11)22-14-4-2-13(3-5-14)19-15(20)8-12-6-7-17-9-12/h10,12-14,17H,2-9H2,1H3,(H,19,20). The number of rotatable bonds is 5. The molecule has 1 aromatic heterocycles. The first-order chi connectivity index (χ1) is 10.7. The molecule has 1 saturated heterocycles. The van der Waals surface area contributed by atoms with Crippen molar-refractivity contribution in [1.29, 1.82) is 0 Å². The molecule has 0 radical (unpaired) electrons. The fourth-order valence-electron chi connectivity index (χ4n) is 3.29. The summed E-state index contributed by atoms with van der Waals surface area (Å²) < 4.78 is 1.19. The summed E-state index contributed by atoms with van der Waals surface area (Å²) in [4.78, 5) is 16.6. The smallest absolute Gasteiger partial charge is 0.220 e. The number of amides is 1. The van der Waals surface area contributed by atoms with Crippen LogP contribution in [0, 0.1) is 12.8 Å². The van der Waals surface area contributed by atoms with Gasteiger partial charge in [0.25, 0.3) is 0 Å². The Morgan fingerprint density at radius 3 is 2.86 bits per heavy atom. The van der Waals surface area contributed by atoms with Gasteiger partial charge in [0.1, 0.15) is 4.34 Å². The van der Waals surface area contributed by atoms with E-state index in [1.807, 2.05) is 18.7 Å². The predicted octanol–water partition coefficient (Wildman–Crippen LogP) is 2.97. The van der Waals surface area contributed by atoms with Gasteiger partial charge >= 0.3 is 0 Å². The molecule has 0 spiro atoms. The van der Waals surface area contributed by atoms with Crippen molar-refractivity contribution in [2.45, 2.75) is 61.1 Å². The van der Waals surface area contributed by atoms with Crippen LogP contribution < -0.4 is 10.6 Å². The van der Waals surface area contributed by atoms with Crippen molar-refractivity contribution in [3.63, 3.8) is 0 Å². The van der Waals surface area contributed by atoms with E-state index in [2.05, 4.69) is 21.0 Å². The summed E-state index contributed by atoms with van der Waals surface area (Å²) in [5.41, 5.74) is 1.12. The largest absolute Gasteiger partial charge is 0.353 e. The molecule has 122 valence electrons. The number of aromatic nitrogens is 1. The molecule has 1 aromatic rings. The van der Waals surface area contributed by atoms with Crippen molar-refractivity contribution in [3.05, 3.63) is 11.1 Å². The van der Waals surface area contributed by atoms with Gasteiger partial charge < -0.3 is 10.6 Å². The van der Waals surface area contributed by atoms with E-state index in [9.17, 15) is 4.79 Å². The van der Waals surface area contributed by atoms with Crippen molar-refractivity contribution in [2.24, 2.45) is 5.92 Å². The molecule has 1 aliphatic carbocycles. The molecule has 1 saturated carbocycles. The van der Waals surface area contributed by atoms with E-state index >= 15 is 0 Å². The number of carbonyl (C=O) groups is 1. The third-order valence-electron chi connectivity index (χ3n) is 4.54. The summed E-state index contributed by atoms with van der Waals surface area (Å²) in [7, 11) is 0. The molecule has 2 fully saturated rings. The first-order valence-corrected chi connectivity index (χ1v) is 10.0. The lowest BCUT2D eigenvalue weighted by molar-refractivity contribution is -0.122. The second-order valence-corrected chi connectivity index (χ2v) is 8.88. The molecule has 0 aromatic carbocycles. The molecular formula is C16H25N3OS2. The normalized spacial score (nSPS) is 28.7. The van der Waals surface area contributed by atoms with Gasteiger partial charge in [-0.25, -0.2) is 4.98 Å². The van der Waals surface area contributed by atoms with Crippen molar-refractivity contribution in [2.75, 3.05) is 13.1 Å². The number of hydrogen-bond acceptors (Lipinski definition) is 5. The van der Waals surface area contributed by atoms with Gasteiger partial charge in [-0.15, -0.1) is 11.3 Å². The zero-order valence-electron chi connectivity index (χ0n) is 13.1. The highest BCUT2D eigenvalue weighted by Gasteiger charge is 2.25. The second kappa shape index (κ2) is 7.79. The average molecular weight is 340 g/mol. The zero-order valence-corrected chi connectivity index (χ0v) is 14.8. The first kappa shape index (κ1) is 16.3. The van der Waals surface area contributed by atoms with Crippen molar-refractivity contribution < 1.29 is 4.79 Å². The van der Waals surface area contributed by atoms with Gasteiger partial charge in [0.2, 0.25) is 5.91 Å². The SMILES string of the molecule is Cc1csc(SC2CCC(NC(=O)CC3CCNC3)CC2)n1. The Morgan fingerprint density at radius 2 is 2.23 bits per heavy atom. The van der Waals surface area contributed by atoms with E-state index in [0.29, 0.717) is 23.6 Å². The van der Waals surface area contributed by atoms with Crippen LogP contribution in [-0.4, -0.2) is 35.3 Å². The molecule has 22 heavy (non-hydrogen) atoms. The van der Waals surface area contributed by atoms with E-state index in [-0.39, 0.29) is 5.91 Å². The third-order valence-corrected chi connectivity index (χ3v) is 6.97. The van der Waals surface area contributed by atoms with Crippen LogP contribution in [-0.2, 0) is 4.79 Å². The minimum Gasteiger partial charge on any atom is -0.353 e. The van der Waals surface area contributed by atoms with Gasteiger partial charge in [-0.3, -0.25) is 4.79 Å². The minimum absolute atomic E-state index is 0.250. The van der Waals surface area contributed by atoms with Crippen molar-refractivity contribution >= 4 is 29.0 Å². The van der Waals surface area contributed by atoms with Crippen LogP contribution in [0.2, 0.25) is 0 Å². The van der Waals surface area contributed by atoms with Gasteiger partial charge in [0.15, 0.2) is 0 Å². The topological polar surface area (TPSA) is 54.0 Å². The highest BCUT2D eigenvalue weighted by atomic mass is 32.2. The molecule has 1 aliphatic heterocycles. The Morgan fingerprint density at radius 1 is 1.41 bits per heavy atom. The van der Waals surface area contributed by atoms with Gasteiger partial charge in [0.05, 0.1) is 0 Å². The van der Waals surface area contributed by atoms with Crippen molar-refractivity contribution in [1.82, 2.24) is 15.6 Å². The van der Waals surface area contributed by atoms with Crippen LogP contribution >= 0.6 is 23.1 Å². The predicted molar refractivity (Wildman–Crippen MR) is 92.5 cm³/mol. The maximum Gasteiger partial charge on any atom is 0.220 e. The number of aryl methyl sites for hydroxylation is 1. The molecule has 1 amide bonds. The minimum atomic E-state index is 0.250. The third kappa shape index (κ3) is 4.70. The quantitative estimate of drug-likeness (QED) is 0.866. The van der Waals surface area contributed by atoms with E-state index in [0.717, 1.165) is 38.0 Å². The van der Waals surface area contributed by atoms with Crippen LogP contribution in [0.1, 0.15) is 44.2 Å². The zero-order chi connectivity index (χ0) is 15.4. The molecule has 3 rings (SSSR count). The lowest BCUT2D eigenvalue weighted by Crippen LogP contribution is -2.39. The Bertz CT molecular complexity index is 491. The number of hydrogen-bond donors (Lipinski definition) is 2. The molecule has 4 nitrogen and oxygen atoms in total. The highest BCUT2D eigenvalue weighted by molar-refractivity contribution is 8.01. The fourth-order valence-corrected chi connectivity index (χ4v) is 5.58. The maximum absolute atomic E-state index is 12.1. The Labute approximate surface area is 140 Å². The molecular weight excluding hydrogens is 314 g/mol. The van der Waals surface area contributed by atoms with Crippen LogP contribution in [0.25, 0.3) is 0 Å². The van der Waals surface area contributed by atoms with Crippen LogP contribution in [0.5, 0.6) is 0 Å². The first-order valence-electron chi connectivity index (χ1n) is 8.28. The summed E-state index contributed by atoms with van der Waals surface area (Å²) in [6.07, 6.45) is 6.41. The lowest BCUT2D eigenvalue weighted by atomic mass is 9.94. The molecule has 1 unspecified atom stereocenters. The maximum atomic E-state index is 12.1. The number of nitrogens with zero attached hydrogens (tertiary/aromatic N) is 1. The summed E-state index contributed by atoms with van der Waals surface area (Å²) in [5, 5.41) is 9.35. The Kier molecular flexibility index (Phi) is 5.77. The van der Waals surface area contributed by atoms with Crippen LogP contribution in [0.15, 0.2) is 9.72 Å². The lowest BCUT2D eigenvalue weighted by Gasteiger charge is -2.28. The number of carbonyl (C=O) groups excluding carboxylic acids is 1. The molecule has 2 aliphatic rings. The number of thioether (sulfide) groups is 1. The molecule has 2 heterocycles. The highest BCUT2D eigenvalue weighted by Crippen LogP contribution is 2.35. The number of thiazole rings is 1. The van der Waals surface area contributed by atoms with E-state index in [1.54, 1.807) is 11.3 Å². The fraction of sp³-hybridized carbons (Fsp3) is 0.750. The average Bonchev–Trinajstić information content (AvgIpc) is 3.13. The Balaban J connectivity index is 1.37. The van der Waals surface area contributed by atoms with Gasteiger partial charge in [0, 0.05) is 28.8 Å². The second-order valence-electron chi connectivity index (χ2n) is 6.48. The summed E-state index contributed by atoms with van der Waals surface area (Å²) >= 11 is 3.67. The summed E-state index contributed by atoms with van der Waals surface area (Å²) in [6, 6.07) is 0.386.